The van der Waals surface area contributed by atoms with Crippen molar-refractivity contribution in [3.05, 3.63) is 29.3 Å². The van der Waals surface area contributed by atoms with Gasteiger partial charge in [0.25, 0.3) is 0 Å². The SMILES string of the molecule is CC.CN1CCN(c2ccc(Cl)cc2)S1(=O)=O. The molecule has 96 valence electrons. The Labute approximate surface area is 108 Å². The number of benzene rings is 1. The van der Waals surface area contributed by atoms with Crippen molar-refractivity contribution in [3.8, 4) is 0 Å². The fraction of sp³-hybridized carbons (Fsp3) is 0.455. The highest BCUT2D eigenvalue weighted by Crippen LogP contribution is 2.25. The minimum Gasteiger partial charge on any atom is -0.256 e. The molecular formula is C11H17ClN2O2S. The van der Waals surface area contributed by atoms with Gasteiger partial charge in [0.05, 0.1) is 5.69 Å². The first-order valence-electron chi connectivity index (χ1n) is 5.51. The van der Waals surface area contributed by atoms with Crippen LogP contribution in [0, 0.1) is 0 Å². The van der Waals surface area contributed by atoms with Gasteiger partial charge in [-0.3, -0.25) is 4.31 Å². The van der Waals surface area contributed by atoms with Gasteiger partial charge >= 0.3 is 10.2 Å². The Morgan fingerprint density at radius 1 is 1.12 bits per heavy atom. The highest BCUT2D eigenvalue weighted by atomic mass is 35.5. The first-order valence-corrected chi connectivity index (χ1v) is 7.29. The molecule has 0 saturated carbocycles. The summed E-state index contributed by atoms with van der Waals surface area (Å²) in [5.74, 6) is 0. The lowest BCUT2D eigenvalue weighted by Gasteiger charge is -2.17. The van der Waals surface area contributed by atoms with Gasteiger partial charge < -0.3 is 0 Å². The van der Waals surface area contributed by atoms with E-state index in [0.717, 1.165) is 0 Å². The Bertz CT molecular complexity index is 459. The molecule has 1 aliphatic heterocycles. The third kappa shape index (κ3) is 2.91. The van der Waals surface area contributed by atoms with E-state index in [-0.39, 0.29) is 0 Å². The van der Waals surface area contributed by atoms with Crippen molar-refractivity contribution in [2.24, 2.45) is 0 Å². The molecule has 4 nitrogen and oxygen atoms in total. The van der Waals surface area contributed by atoms with Gasteiger partial charge in [-0.2, -0.15) is 12.7 Å². The monoisotopic (exact) mass is 276 g/mol. The van der Waals surface area contributed by atoms with E-state index in [2.05, 4.69) is 0 Å². The molecule has 0 unspecified atom stereocenters. The van der Waals surface area contributed by atoms with E-state index in [0.29, 0.717) is 23.8 Å². The van der Waals surface area contributed by atoms with Crippen LogP contribution in [-0.2, 0) is 10.2 Å². The average Bonchev–Trinajstić information content (AvgIpc) is 2.59. The first kappa shape index (κ1) is 14.3. The summed E-state index contributed by atoms with van der Waals surface area (Å²) in [5.41, 5.74) is 0.656. The van der Waals surface area contributed by atoms with E-state index in [1.165, 1.54) is 8.61 Å². The first-order chi connectivity index (χ1) is 8.01. The van der Waals surface area contributed by atoms with Crippen molar-refractivity contribution in [2.45, 2.75) is 13.8 Å². The minimum atomic E-state index is -3.31. The predicted molar refractivity (Wildman–Crippen MR) is 71.7 cm³/mol. The fourth-order valence-corrected chi connectivity index (χ4v) is 2.98. The van der Waals surface area contributed by atoms with Gasteiger partial charge in [0.2, 0.25) is 0 Å². The van der Waals surface area contributed by atoms with Crippen LogP contribution in [0.3, 0.4) is 0 Å². The maximum Gasteiger partial charge on any atom is 0.303 e. The number of hydrogen-bond donors (Lipinski definition) is 0. The van der Waals surface area contributed by atoms with E-state index < -0.39 is 10.2 Å². The van der Waals surface area contributed by atoms with Gasteiger partial charge in [0.15, 0.2) is 0 Å². The largest absolute Gasteiger partial charge is 0.303 e. The lowest BCUT2D eigenvalue weighted by Crippen LogP contribution is -2.30. The van der Waals surface area contributed by atoms with Crippen LogP contribution in [0.2, 0.25) is 5.02 Å². The van der Waals surface area contributed by atoms with E-state index in [4.69, 9.17) is 11.6 Å². The molecule has 0 bridgehead atoms. The van der Waals surface area contributed by atoms with Gasteiger partial charge in [-0.15, -0.1) is 0 Å². The summed E-state index contributed by atoms with van der Waals surface area (Å²) in [6.07, 6.45) is 0. The van der Waals surface area contributed by atoms with Crippen LogP contribution in [0.15, 0.2) is 24.3 Å². The summed E-state index contributed by atoms with van der Waals surface area (Å²) in [5, 5.41) is 0.601. The Hall–Kier alpha value is -0.780. The number of likely N-dealkylation sites (N-methyl/N-ethyl adjacent to an activating group) is 1. The fourth-order valence-electron chi connectivity index (χ4n) is 1.50. The van der Waals surface area contributed by atoms with E-state index in [1.54, 1.807) is 31.3 Å². The number of anilines is 1. The van der Waals surface area contributed by atoms with Gasteiger partial charge in [0, 0.05) is 25.2 Å². The summed E-state index contributed by atoms with van der Waals surface area (Å²) in [6.45, 7) is 5.01. The lowest BCUT2D eigenvalue weighted by atomic mass is 10.3. The molecule has 1 aromatic rings. The molecule has 0 spiro atoms. The number of halogens is 1. The molecular weight excluding hydrogens is 260 g/mol. The summed E-state index contributed by atoms with van der Waals surface area (Å²) in [6, 6.07) is 6.79. The van der Waals surface area contributed by atoms with Crippen LogP contribution in [0.25, 0.3) is 0 Å². The van der Waals surface area contributed by atoms with Crippen LogP contribution in [-0.4, -0.2) is 32.9 Å². The van der Waals surface area contributed by atoms with E-state index >= 15 is 0 Å². The minimum absolute atomic E-state index is 0.487. The highest BCUT2D eigenvalue weighted by molar-refractivity contribution is 7.90. The summed E-state index contributed by atoms with van der Waals surface area (Å²) < 4.78 is 26.3. The molecule has 0 aliphatic carbocycles. The quantitative estimate of drug-likeness (QED) is 0.790. The van der Waals surface area contributed by atoms with Gasteiger partial charge in [0.1, 0.15) is 0 Å². The molecule has 1 aliphatic rings. The Balaban J connectivity index is 0.000000686. The van der Waals surface area contributed by atoms with Gasteiger partial charge in [-0.25, -0.2) is 0 Å². The molecule has 0 amide bonds. The van der Waals surface area contributed by atoms with E-state index in [9.17, 15) is 8.42 Å². The van der Waals surface area contributed by atoms with Crippen molar-refractivity contribution < 1.29 is 8.42 Å². The zero-order valence-corrected chi connectivity index (χ0v) is 11.8. The summed E-state index contributed by atoms with van der Waals surface area (Å²) in [7, 11) is -1.73. The van der Waals surface area contributed by atoms with Gasteiger partial charge in [-0.05, 0) is 24.3 Å². The standard InChI is InChI=1S/C9H11ClN2O2S.C2H6/c1-11-6-7-12(15(11,13)14)9-4-2-8(10)3-5-9;1-2/h2-5H,6-7H2,1H3;1-2H3. The Kier molecular flexibility index (Phi) is 4.80. The van der Waals surface area contributed by atoms with Crippen molar-refractivity contribution in [3.63, 3.8) is 0 Å². The molecule has 0 atom stereocenters. The third-order valence-electron chi connectivity index (χ3n) is 2.40. The van der Waals surface area contributed by atoms with Crippen LogP contribution in [0.1, 0.15) is 13.8 Å². The molecule has 2 rings (SSSR count). The average molecular weight is 277 g/mol. The smallest absolute Gasteiger partial charge is 0.256 e. The summed E-state index contributed by atoms with van der Waals surface area (Å²) >= 11 is 5.74. The molecule has 1 saturated heterocycles. The molecule has 1 fully saturated rings. The number of nitrogens with zero attached hydrogens (tertiary/aromatic N) is 2. The van der Waals surface area contributed by atoms with Crippen LogP contribution in [0.4, 0.5) is 5.69 Å². The van der Waals surface area contributed by atoms with E-state index in [1.807, 2.05) is 13.8 Å². The molecule has 1 heterocycles. The molecule has 17 heavy (non-hydrogen) atoms. The molecule has 0 aromatic heterocycles. The lowest BCUT2D eigenvalue weighted by molar-refractivity contribution is 0.511. The second-order valence-electron chi connectivity index (χ2n) is 3.38. The van der Waals surface area contributed by atoms with Gasteiger partial charge in [-0.1, -0.05) is 25.4 Å². The van der Waals surface area contributed by atoms with Crippen LogP contribution in [0.5, 0.6) is 0 Å². The maximum absolute atomic E-state index is 11.8. The highest BCUT2D eigenvalue weighted by Gasteiger charge is 2.33. The molecule has 0 N–H and O–H groups in total. The van der Waals surface area contributed by atoms with Crippen molar-refractivity contribution in [1.29, 1.82) is 0 Å². The zero-order valence-electron chi connectivity index (χ0n) is 10.2. The third-order valence-corrected chi connectivity index (χ3v) is 4.58. The van der Waals surface area contributed by atoms with Crippen molar-refractivity contribution in [1.82, 2.24) is 4.31 Å². The Morgan fingerprint density at radius 3 is 2.06 bits per heavy atom. The topological polar surface area (TPSA) is 40.6 Å². The number of hydrogen-bond acceptors (Lipinski definition) is 2. The number of rotatable bonds is 1. The second kappa shape index (κ2) is 5.71. The predicted octanol–water partition coefficient (Wildman–Crippen LogP) is 2.36. The maximum atomic E-state index is 11.8. The second-order valence-corrected chi connectivity index (χ2v) is 5.77. The van der Waals surface area contributed by atoms with Crippen molar-refractivity contribution in [2.75, 3.05) is 24.4 Å². The normalized spacial score (nSPS) is 18.7. The van der Waals surface area contributed by atoms with Crippen LogP contribution < -0.4 is 4.31 Å². The van der Waals surface area contributed by atoms with Crippen molar-refractivity contribution >= 4 is 27.5 Å². The molecule has 6 heteroatoms. The Morgan fingerprint density at radius 2 is 1.65 bits per heavy atom. The molecule has 1 aromatic carbocycles. The molecule has 0 radical (unpaired) electrons. The summed E-state index contributed by atoms with van der Waals surface area (Å²) in [4.78, 5) is 0. The zero-order chi connectivity index (χ0) is 13.1. The van der Waals surface area contributed by atoms with Crippen LogP contribution >= 0.6 is 11.6 Å².